The van der Waals surface area contributed by atoms with E-state index in [4.69, 9.17) is 0 Å². The molecule has 0 saturated heterocycles. The van der Waals surface area contributed by atoms with Gasteiger partial charge in [-0.2, -0.15) is 0 Å². The van der Waals surface area contributed by atoms with Crippen LogP contribution >= 0.6 is 35.3 Å². The van der Waals surface area contributed by atoms with Gasteiger partial charge in [-0.1, -0.05) is 19.1 Å². The second kappa shape index (κ2) is 10.2. The molecule has 1 aliphatic rings. The van der Waals surface area contributed by atoms with Crippen molar-refractivity contribution in [3.63, 3.8) is 0 Å². The highest BCUT2D eigenvalue weighted by molar-refractivity contribution is 14.0. The molecule has 0 atom stereocenters. The van der Waals surface area contributed by atoms with Crippen LogP contribution in [0.1, 0.15) is 37.4 Å². The minimum atomic E-state index is 0. The molecule has 2 rings (SSSR count). The molecular weight excluding hydrogens is 395 g/mol. The molecule has 1 aromatic heterocycles. The SMILES string of the molecule is CCNC(=NCCc1csc(CC)n1)NC1CC=CC1.I. The van der Waals surface area contributed by atoms with E-state index in [0.29, 0.717) is 6.04 Å². The Kier molecular flexibility index (Phi) is 8.91. The van der Waals surface area contributed by atoms with E-state index < -0.39 is 0 Å². The van der Waals surface area contributed by atoms with Crippen molar-refractivity contribution < 1.29 is 0 Å². The van der Waals surface area contributed by atoms with E-state index in [1.54, 1.807) is 11.3 Å². The molecule has 0 aliphatic heterocycles. The Morgan fingerprint density at radius 2 is 2.14 bits per heavy atom. The minimum absolute atomic E-state index is 0. The molecule has 21 heavy (non-hydrogen) atoms. The summed E-state index contributed by atoms with van der Waals surface area (Å²) in [5.41, 5.74) is 1.16. The smallest absolute Gasteiger partial charge is 0.191 e. The van der Waals surface area contributed by atoms with Gasteiger partial charge in [0.15, 0.2) is 5.96 Å². The maximum atomic E-state index is 4.64. The Morgan fingerprint density at radius 3 is 2.76 bits per heavy atom. The Morgan fingerprint density at radius 1 is 1.38 bits per heavy atom. The molecule has 1 aromatic rings. The van der Waals surface area contributed by atoms with Gasteiger partial charge in [0.25, 0.3) is 0 Å². The fourth-order valence-corrected chi connectivity index (χ4v) is 2.94. The van der Waals surface area contributed by atoms with Crippen LogP contribution in [0.3, 0.4) is 0 Å². The second-order valence-corrected chi connectivity index (χ2v) is 5.82. The number of thiazole rings is 1. The molecule has 0 amide bonds. The molecule has 0 unspecified atom stereocenters. The van der Waals surface area contributed by atoms with Crippen LogP contribution in [-0.2, 0) is 12.8 Å². The fraction of sp³-hybridized carbons (Fsp3) is 0.600. The molecule has 1 heterocycles. The van der Waals surface area contributed by atoms with E-state index in [9.17, 15) is 0 Å². The zero-order chi connectivity index (χ0) is 14.2. The van der Waals surface area contributed by atoms with Gasteiger partial charge >= 0.3 is 0 Å². The first-order valence-corrected chi connectivity index (χ1v) is 8.33. The quantitative estimate of drug-likeness (QED) is 0.322. The Bertz CT molecular complexity index is 462. The van der Waals surface area contributed by atoms with Crippen molar-refractivity contribution in [2.45, 2.75) is 45.6 Å². The van der Waals surface area contributed by atoms with Crippen molar-refractivity contribution in [1.29, 1.82) is 0 Å². The molecule has 0 fully saturated rings. The zero-order valence-electron chi connectivity index (χ0n) is 12.8. The number of nitrogens with one attached hydrogen (secondary N) is 2. The normalized spacial score (nSPS) is 15.0. The third kappa shape index (κ3) is 6.34. The van der Waals surface area contributed by atoms with Gasteiger partial charge in [0.1, 0.15) is 0 Å². The second-order valence-electron chi connectivity index (χ2n) is 4.88. The lowest BCUT2D eigenvalue weighted by atomic mass is 10.2. The largest absolute Gasteiger partial charge is 0.357 e. The van der Waals surface area contributed by atoms with Crippen LogP contribution in [0.4, 0.5) is 0 Å². The van der Waals surface area contributed by atoms with Gasteiger partial charge in [-0.15, -0.1) is 35.3 Å². The molecule has 0 aromatic carbocycles. The first-order chi connectivity index (χ1) is 9.81. The molecule has 0 bridgehead atoms. The minimum Gasteiger partial charge on any atom is -0.357 e. The number of aliphatic imine (C=N–C) groups is 1. The first kappa shape index (κ1) is 18.4. The lowest BCUT2D eigenvalue weighted by Gasteiger charge is -2.16. The van der Waals surface area contributed by atoms with E-state index in [1.165, 1.54) is 5.01 Å². The summed E-state index contributed by atoms with van der Waals surface area (Å²) in [6.45, 7) is 5.91. The van der Waals surface area contributed by atoms with Gasteiger partial charge < -0.3 is 10.6 Å². The number of aromatic nitrogens is 1. The van der Waals surface area contributed by atoms with Gasteiger partial charge in [0.05, 0.1) is 10.7 Å². The predicted molar refractivity (Wildman–Crippen MR) is 102 cm³/mol. The highest BCUT2D eigenvalue weighted by Gasteiger charge is 2.11. The number of aryl methyl sites for hydroxylation is 1. The molecule has 4 nitrogen and oxygen atoms in total. The summed E-state index contributed by atoms with van der Waals surface area (Å²) in [5, 5.41) is 10.1. The summed E-state index contributed by atoms with van der Waals surface area (Å²) in [6.07, 6.45) is 8.57. The van der Waals surface area contributed by atoms with Crippen molar-refractivity contribution in [1.82, 2.24) is 15.6 Å². The van der Waals surface area contributed by atoms with Gasteiger partial charge in [-0.25, -0.2) is 4.98 Å². The van der Waals surface area contributed by atoms with E-state index in [0.717, 1.165) is 50.4 Å². The molecular formula is C15H25IN4S. The molecule has 118 valence electrons. The third-order valence-corrected chi connectivity index (χ3v) is 4.27. The number of rotatable bonds is 6. The van der Waals surface area contributed by atoms with Crippen LogP contribution in [-0.4, -0.2) is 30.1 Å². The van der Waals surface area contributed by atoms with E-state index >= 15 is 0 Å². The highest BCUT2D eigenvalue weighted by atomic mass is 127. The van der Waals surface area contributed by atoms with Gasteiger partial charge in [-0.05, 0) is 26.2 Å². The van der Waals surface area contributed by atoms with Crippen molar-refractivity contribution in [3.05, 3.63) is 28.2 Å². The predicted octanol–water partition coefficient (Wildman–Crippen LogP) is 3.14. The van der Waals surface area contributed by atoms with Crippen LogP contribution in [0, 0.1) is 0 Å². The maximum absolute atomic E-state index is 4.64. The van der Waals surface area contributed by atoms with Gasteiger partial charge in [0.2, 0.25) is 0 Å². The van der Waals surface area contributed by atoms with Crippen LogP contribution in [0.5, 0.6) is 0 Å². The first-order valence-electron chi connectivity index (χ1n) is 7.45. The molecule has 1 aliphatic carbocycles. The summed E-state index contributed by atoms with van der Waals surface area (Å²) >= 11 is 1.75. The number of hydrogen-bond acceptors (Lipinski definition) is 3. The summed E-state index contributed by atoms with van der Waals surface area (Å²) in [5.74, 6) is 0.923. The third-order valence-electron chi connectivity index (χ3n) is 3.23. The fourth-order valence-electron chi connectivity index (χ4n) is 2.16. The standard InChI is InChI=1S/C15H24N4S.HI/c1-3-14-18-13(11-20-14)9-10-17-15(16-4-2)19-12-7-5-6-8-12;/h5-6,11-12H,3-4,7-10H2,1-2H3,(H2,16,17,19);1H. The Hall–Kier alpha value is -0.630. The number of hydrogen-bond donors (Lipinski definition) is 2. The van der Waals surface area contributed by atoms with E-state index in [-0.39, 0.29) is 24.0 Å². The topological polar surface area (TPSA) is 49.3 Å². The molecule has 2 N–H and O–H groups in total. The van der Waals surface area contributed by atoms with Crippen LogP contribution < -0.4 is 10.6 Å². The van der Waals surface area contributed by atoms with Crippen molar-refractivity contribution in [3.8, 4) is 0 Å². The Labute approximate surface area is 148 Å². The summed E-state index contributed by atoms with van der Waals surface area (Å²) in [7, 11) is 0. The number of guanidine groups is 1. The van der Waals surface area contributed by atoms with E-state index in [1.807, 2.05) is 0 Å². The van der Waals surface area contributed by atoms with Crippen LogP contribution in [0.15, 0.2) is 22.5 Å². The monoisotopic (exact) mass is 420 g/mol. The Balaban J connectivity index is 0.00000220. The average Bonchev–Trinajstić information content (AvgIpc) is 3.10. The highest BCUT2D eigenvalue weighted by Crippen LogP contribution is 2.11. The number of nitrogens with zero attached hydrogens (tertiary/aromatic N) is 2. The average molecular weight is 420 g/mol. The molecule has 0 radical (unpaired) electrons. The van der Waals surface area contributed by atoms with E-state index in [2.05, 4.69) is 52.0 Å². The van der Waals surface area contributed by atoms with Crippen molar-refractivity contribution in [2.24, 2.45) is 4.99 Å². The lowest BCUT2D eigenvalue weighted by molar-refractivity contribution is 0.633. The van der Waals surface area contributed by atoms with Gasteiger partial charge in [0, 0.05) is 30.9 Å². The van der Waals surface area contributed by atoms with Crippen molar-refractivity contribution >= 4 is 41.3 Å². The van der Waals surface area contributed by atoms with Crippen LogP contribution in [0.2, 0.25) is 0 Å². The molecule has 6 heteroatoms. The maximum Gasteiger partial charge on any atom is 0.191 e. The summed E-state index contributed by atoms with van der Waals surface area (Å²) in [4.78, 5) is 9.21. The summed E-state index contributed by atoms with van der Waals surface area (Å²) < 4.78 is 0. The van der Waals surface area contributed by atoms with Crippen LogP contribution in [0.25, 0.3) is 0 Å². The molecule has 0 saturated carbocycles. The van der Waals surface area contributed by atoms with Gasteiger partial charge in [-0.3, -0.25) is 4.99 Å². The zero-order valence-corrected chi connectivity index (χ0v) is 15.9. The lowest BCUT2D eigenvalue weighted by Crippen LogP contribution is -2.42. The summed E-state index contributed by atoms with van der Waals surface area (Å²) in [6, 6.07) is 0.499. The number of halogens is 1. The van der Waals surface area contributed by atoms with Crippen molar-refractivity contribution in [2.75, 3.05) is 13.1 Å². The molecule has 0 spiro atoms.